The van der Waals surface area contributed by atoms with Gasteiger partial charge in [0.25, 0.3) is 0 Å². The summed E-state index contributed by atoms with van der Waals surface area (Å²) in [6, 6.07) is 6.05. The van der Waals surface area contributed by atoms with E-state index in [0.717, 1.165) is 0 Å². The van der Waals surface area contributed by atoms with Gasteiger partial charge in [-0.05, 0) is 38.5 Å². The van der Waals surface area contributed by atoms with Gasteiger partial charge in [-0.15, -0.1) is 10.2 Å². The Morgan fingerprint density at radius 2 is 2.11 bits per heavy atom. The van der Waals surface area contributed by atoms with Gasteiger partial charge in [0.05, 0.1) is 17.0 Å². The van der Waals surface area contributed by atoms with Gasteiger partial charge in [-0.25, -0.2) is 4.39 Å². The molecule has 0 aliphatic carbocycles. The Balaban J connectivity index is 1.80. The molecule has 0 aliphatic rings. The van der Waals surface area contributed by atoms with Gasteiger partial charge in [0.2, 0.25) is 5.16 Å². The van der Waals surface area contributed by atoms with Crippen LogP contribution in [0.5, 0.6) is 0 Å². The second kappa shape index (κ2) is 7.66. The van der Waals surface area contributed by atoms with Crippen LogP contribution < -0.4 is 0 Å². The van der Waals surface area contributed by atoms with E-state index in [0.29, 0.717) is 33.8 Å². The molecular weight excluding hydrogens is 373 g/mol. The quantitative estimate of drug-likeness (QED) is 0.278. The Bertz CT molecular complexity index is 1030. The van der Waals surface area contributed by atoms with Crippen molar-refractivity contribution in [3.8, 4) is 0 Å². The predicted octanol–water partition coefficient (Wildman–Crippen LogP) is 3.08. The fourth-order valence-electron chi connectivity index (χ4n) is 2.47. The minimum absolute atomic E-state index is 0.0115. The number of nitrogens with zero attached hydrogens (tertiary/aromatic N) is 7. The van der Waals surface area contributed by atoms with Crippen LogP contribution in [0.1, 0.15) is 22.8 Å². The maximum Gasteiger partial charge on any atom is 0.312 e. The van der Waals surface area contributed by atoms with Crippen molar-refractivity contribution in [2.24, 2.45) is 5.10 Å². The molecule has 0 bridgehead atoms. The second-order valence-electron chi connectivity index (χ2n) is 5.69. The molecule has 11 heteroatoms. The highest BCUT2D eigenvalue weighted by atomic mass is 32.2. The Kier molecular flexibility index (Phi) is 5.31. The number of hydrogen-bond acceptors (Lipinski definition) is 7. The van der Waals surface area contributed by atoms with Crippen molar-refractivity contribution < 1.29 is 9.31 Å². The summed E-state index contributed by atoms with van der Waals surface area (Å²) in [6.07, 6.45) is 1.51. The lowest BCUT2D eigenvalue weighted by Crippen LogP contribution is -2.02. The second-order valence-corrected chi connectivity index (χ2v) is 6.60. The predicted molar refractivity (Wildman–Crippen MR) is 98.4 cm³/mol. The largest absolute Gasteiger partial charge is 0.312 e. The van der Waals surface area contributed by atoms with Crippen LogP contribution in [0.25, 0.3) is 0 Å². The van der Waals surface area contributed by atoms with Gasteiger partial charge in [0.1, 0.15) is 17.2 Å². The zero-order valence-electron chi connectivity index (χ0n) is 14.8. The summed E-state index contributed by atoms with van der Waals surface area (Å²) in [4.78, 5) is 10.7. The molecule has 0 aliphatic heterocycles. The maximum absolute atomic E-state index is 13.3. The summed E-state index contributed by atoms with van der Waals surface area (Å²) in [5, 5.41) is 28.2. The van der Waals surface area contributed by atoms with Crippen LogP contribution >= 0.6 is 11.8 Å². The average molecular weight is 389 g/mol. The van der Waals surface area contributed by atoms with E-state index in [2.05, 4.69) is 20.4 Å². The Labute approximate surface area is 158 Å². The van der Waals surface area contributed by atoms with E-state index in [1.165, 1.54) is 34.8 Å². The SMILES string of the molecule is Cc1nn(CSc2nnc(C)n2/N=C/c2cccc(F)c2)c(C)c1[N+](=O)[O-]. The molecule has 0 radical (unpaired) electrons. The lowest BCUT2D eigenvalue weighted by atomic mass is 10.2. The first-order valence-electron chi connectivity index (χ1n) is 7.90. The van der Waals surface area contributed by atoms with Crippen LogP contribution in [0.3, 0.4) is 0 Å². The highest BCUT2D eigenvalue weighted by Gasteiger charge is 2.22. The number of rotatable bonds is 6. The molecule has 3 aromatic rings. The zero-order valence-corrected chi connectivity index (χ0v) is 15.6. The van der Waals surface area contributed by atoms with Gasteiger partial charge in [-0.1, -0.05) is 23.9 Å². The zero-order chi connectivity index (χ0) is 19.6. The summed E-state index contributed by atoms with van der Waals surface area (Å²) >= 11 is 1.29. The first-order valence-corrected chi connectivity index (χ1v) is 8.88. The Morgan fingerprint density at radius 3 is 2.78 bits per heavy atom. The van der Waals surface area contributed by atoms with Crippen molar-refractivity contribution in [2.75, 3.05) is 0 Å². The fourth-order valence-corrected chi connectivity index (χ4v) is 3.36. The monoisotopic (exact) mass is 389 g/mol. The third-order valence-corrected chi connectivity index (χ3v) is 4.67. The molecule has 140 valence electrons. The van der Waals surface area contributed by atoms with Gasteiger partial charge in [0, 0.05) is 0 Å². The smallest absolute Gasteiger partial charge is 0.258 e. The standard InChI is InChI=1S/C16H16FN7O2S/c1-10-15(24(25)26)11(2)22(21-10)9-27-16-20-19-12(3)23(16)18-8-13-5-4-6-14(17)7-13/h4-8H,9H2,1-3H3/b18-8+. The minimum Gasteiger partial charge on any atom is -0.258 e. The molecular formula is C16H16FN7O2S. The topological polar surface area (TPSA) is 104 Å². The van der Waals surface area contributed by atoms with E-state index in [1.807, 2.05) is 0 Å². The van der Waals surface area contributed by atoms with Gasteiger partial charge in [-0.2, -0.15) is 14.9 Å². The molecule has 1 aromatic carbocycles. The van der Waals surface area contributed by atoms with E-state index in [4.69, 9.17) is 0 Å². The summed E-state index contributed by atoms with van der Waals surface area (Å²) in [5.41, 5.74) is 1.45. The van der Waals surface area contributed by atoms with Crippen molar-refractivity contribution in [2.45, 2.75) is 31.8 Å². The average Bonchev–Trinajstić information content (AvgIpc) is 3.10. The third kappa shape index (κ3) is 4.03. The maximum atomic E-state index is 13.3. The van der Waals surface area contributed by atoms with Crippen molar-refractivity contribution in [3.05, 3.63) is 63.0 Å². The van der Waals surface area contributed by atoms with Gasteiger partial charge < -0.3 is 0 Å². The molecule has 0 saturated heterocycles. The van der Waals surface area contributed by atoms with Crippen LogP contribution in [-0.2, 0) is 5.88 Å². The molecule has 9 nitrogen and oxygen atoms in total. The van der Waals surface area contributed by atoms with Crippen LogP contribution in [0.15, 0.2) is 34.5 Å². The molecule has 3 rings (SSSR count). The first-order chi connectivity index (χ1) is 12.9. The number of benzene rings is 1. The van der Waals surface area contributed by atoms with Gasteiger partial charge in [0.15, 0.2) is 5.82 Å². The van der Waals surface area contributed by atoms with Crippen LogP contribution in [-0.4, -0.2) is 35.8 Å². The number of halogens is 1. The lowest BCUT2D eigenvalue weighted by Gasteiger charge is -2.04. The number of nitro groups is 1. The molecule has 0 saturated carbocycles. The first kappa shape index (κ1) is 18.7. The van der Waals surface area contributed by atoms with Gasteiger partial charge in [-0.3, -0.25) is 14.8 Å². The van der Waals surface area contributed by atoms with Crippen LogP contribution in [0.4, 0.5) is 10.1 Å². The van der Waals surface area contributed by atoms with Crippen molar-refractivity contribution in [1.82, 2.24) is 24.7 Å². The van der Waals surface area contributed by atoms with Crippen LogP contribution in [0.2, 0.25) is 0 Å². The van der Waals surface area contributed by atoms with E-state index in [-0.39, 0.29) is 11.5 Å². The summed E-state index contributed by atoms with van der Waals surface area (Å²) < 4.78 is 16.3. The Morgan fingerprint density at radius 1 is 1.33 bits per heavy atom. The highest BCUT2D eigenvalue weighted by molar-refractivity contribution is 7.98. The van der Waals surface area contributed by atoms with E-state index in [9.17, 15) is 14.5 Å². The third-order valence-electron chi connectivity index (χ3n) is 3.78. The number of hydrogen-bond donors (Lipinski definition) is 0. The van der Waals surface area contributed by atoms with Crippen molar-refractivity contribution in [3.63, 3.8) is 0 Å². The number of aryl methyl sites for hydroxylation is 2. The van der Waals surface area contributed by atoms with Crippen LogP contribution in [0, 0.1) is 36.7 Å². The normalized spacial score (nSPS) is 11.4. The summed E-state index contributed by atoms with van der Waals surface area (Å²) in [6.45, 7) is 4.99. The highest BCUT2D eigenvalue weighted by Crippen LogP contribution is 2.25. The molecule has 0 amide bonds. The summed E-state index contributed by atoms with van der Waals surface area (Å²) in [5.74, 6) is 0.526. The molecule has 0 unspecified atom stereocenters. The molecule has 2 heterocycles. The molecule has 0 fully saturated rings. The molecule has 0 N–H and O–H groups in total. The van der Waals surface area contributed by atoms with E-state index < -0.39 is 4.92 Å². The minimum atomic E-state index is -0.436. The van der Waals surface area contributed by atoms with E-state index >= 15 is 0 Å². The lowest BCUT2D eigenvalue weighted by molar-refractivity contribution is -0.386. The summed E-state index contributed by atoms with van der Waals surface area (Å²) in [7, 11) is 0. The number of thioether (sulfide) groups is 1. The molecule has 27 heavy (non-hydrogen) atoms. The molecule has 0 atom stereocenters. The molecule has 0 spiro atoms. The van der Waals surface area contributed by atoms with E-state index in [1.54, 1.807) is 37.6 Å². The molecule has 2 aromatic heterocycles. The number of aromatic nitrogens is 5. The Hall–Kier alpha value is -3.08. The fraction of sp³-hybridized carbons (Fsp3) is 0.250. The van der Waals surface area contributed by atoms with Crippen molar-refractivity contribution in [1.29, 1.82) is 0 Å². The van der Waals surface area contributed by atoms with Crippen molar-refractivity contribution >= 4 is 23.7 Å². The van der Waals surface area contributed by atoms with Gasteiger partial charge >= 0.3 is 5.69 Å².